The topological polar surface area (TPSA) is 98.2 Å². The third-order valence-electron chi connectivity index (χ3n) is 4.85. The Morgan fingerprint density at radius 1 is 1.16 bits per heavy atom. The molecular weight excluding hydrogens is 632 g/mol. The average molecular weight is 660 g/mol. The van der Waals surface area contributed by atoms with Crippen molar-refractivity contribution in [3.8, 4) is 29.6 Å². The van der Waals surface area contributed by atoms with Gasteiger partial charge in [-0.15, -0.1) is 6.42 Å². The SMILES string of the molecule is C#CCOc1c(I)cc(/C=N\NC(=O)[C@@H](CC(C)C)NC(=O)[C@@H](C)Oc2ccc(Cl)cc2Cl)cc1OC. The zero-order valence-corrected chi connectivity index (χ0v) is 24.5. The van der Waals surface area contributed by atoms with Crippen molar-refractivity contribution >= 4 is 63.8 Å². The number of benzene rings is 2. The van der Waals surface area contributed by atoms with Crippen LogP contribution in [0, 0.1) is 21.8 Å². The Morgan fingerprint density at radius 2 is 1.89 bits per heavy atom. The minimum absolute atomic E-state index is 0.106. The highest BCUT2D eigenvalue weighted by atomic mass is 127. The number of rotatable bonds is 12. The lowest BCUT2D eigenvalue weighted by Crippen LogP contribution is -2.49. The van der Waals surface area contributed by atoms with Crippen LogP contribution in [0.15, 0.2) is 35.4 Å². The summed E-state index contributed by atoms with van der Waals surface area (Å²) in [7, 11) is 1.52. The molecule has 0 fully saturated rings. The number of ether oxygens (including phenoxy) is 3. The quantitative estimate of drug-likeness (QED) is 0.144. The summed E-state index contributed by atoms with van der Waals surface area (Å²) in [4.78, 5) is 25.6. The fraction of sp³-hybridized carbons (Fsp3) is 0.346. The molecule has 11 heteroatoms. The van der Waals surface area contributed by atoms with Crippen LogP contribution in [0.3, 0.4) is 0 Å². The molecule has 2 aromatic carbocycles. The van der Waals surface area contributed by atoms with Crippen LogP contribution in [0.4, 0.5) is 0 Å². The number of halogens is 3. The third-order valence-corrected chi connectivity index (χ3v) is 6.18. The van der Waals surface area contributed by atoms with E-state index in [1.807, 2.05) is 13.8 Å². The Labute approximate surface area is 240 Å². The van der Waals surface area contributed by atoms with Crippen LogP contribution in [0.1, 0.15) is 32.8 Å². The first kappa shape index (κ1) is 30.5. The molecule has 2 amide bonds. The number of hydrazone groups is 1. The fourth-order valence-corrected chi connectivity index (χ4v) is 4.36. The normalized spacial score (nSPS) is 12.5. The number of methoxy groups -OCH3 is 1. The summed E-state index contributed by atoms with van der Waals surface area (Å²) in [5.74, 6) is 2.92. The van der Waals surface area contributed by atoms with Crippen molar-refractivity contribution in [1.82, 2.24) is 10.7 Å². The maximum absolute atomic E-state index is 12.9. The zero-order valence-electron chi connectivity index (χ0n) is 20.8. The van der Waals surface area contributed by atoms with Gasteiger partial charge in [0.05, 0.1) is 21.9 Å². The molecule has 37 heavy (non-hydrogen) atoms. The van der Waals surface area contributed by atoms with Gasteiger partial charge in [-0.1, -0.05) is 43.0 Å². The first-order valence-corrected chi connectivity index (χ1v) is 13.1. The molecule has 0 radical (unpaired) electrons. The number of hydrogen-bond acceptors (Lipinski definition) is 6. The predicted octanol–water partition coefficient (Wildman–Crippen LogP) is 5.07. The molecule has 0 saturated heterocycles. The first-order chi connectivity index (χ1) is 17.5. The molecule has 198 valence electrons. The van der Waals surface area contributed by atoms with Crippen LogP contribution in [0.2, 0.25) is 10.0 Å². The second-order valence-electron chi connectivity index (χ2n) is 8.29. The van der Waals surface area contributed by atoms with Crippen LogP contribution in [0.25, 0.3) is 0 Å². The van der Waals surface area contributed by atoms with E-state index in [9.17, 15) is 9.59 Å². The van der Waals surface area contributed by atoms with Crippen molar-refractivity contribution in [3.05, 3.63) is 49.5 Å². The Balaban J connectivity index is 2.07. The van der Waals surface area contributed by atoms with Crippen LogP contribution in [-0.4, -0.2) is 43.9 Å². The lowest BCUT2D eigenvalue weighted by Gasteiger charge is -2.22. The molecule has 0 heterocycles. The smallest absolute Gasteiger partial charge is 0.262 e. The standard InChI is InChI=1S/C26H28Cl2IN3O5/c1-6-9-36-24-20(29)11-17(12-23(24)35-5)14-30-32-26(34)21(10-15(2)3)31-25(33)16(4)37-22-8-7-18(27)13-19(22)28/h1,7-8,11-16,21H,9-10H2,2-5H3,(H,31,33)(H,32,34)/b30-14-/t16-,21-/m1/s1. The van der Waals surface area contributed by atoms with Crippen LogP contribution >= 0.6 is 45.8 Å². The van der Waals surface area contributed by atoms with Crippen LogP contribution in [0.5, 0.6) is 17.2 Å². The minimum Gasteiger partial charge on any atom is -0.493 e. The Bertz CT molecular complexity index is 1180. The summed E-state index contributed by atoms with van der Waals surface area (Å²) in [6, 6.07) is 7.38. The lowest BCUT2D eigenvalue weighted by atomic mass is 10.0. The molecule has 0 aliphatic heterocycles. The Hall–Kier alpha value is -2.68. The highest BCUT2D eigenvalue weighted by Gasteiger charge is 2.25. The van der Waals surface area contributed by atoms with Crippen molar-refractivity contribution in [2.45, 2.75) is 39.3 Å². The largest absolute Gasteiger partial charge is 0.493 e. The van der Waals surface area contributed by atoms with Crippen molar-refractivity contribution < 1.29 is 23.8 Å². The highest BCUT2D eigenvalue weighted by molar-refractivity contribution is 14.1. The summed E-state index contributed by atoms with van der Waals surface area (Å²) >= 11 is 14.1. The molecule has 2 N–H and O–H groups in total. The molecule has 0 aromatic heterocycles. The molecule has 2 aromatic rings. The van der Waals surface area contributed by atoms with E-state index in [4.69, 9.17) is 43.8 Å². The molecule has 0 aliphatic rings. The molecule has 8 nitrogen and oxygen atoms in total. The van der Waals surface area contributed by atoms with Gasteiger partial charge in [0.15, 0.2) is 17.6 Å². The number of nitrogens with zero attached hydrogens (tertiary/aromatic N) is 1. The molecule has 0 unspecified atom stereocenters. The second-order valence-corrected chi connectivity index (χ2v) is 10.3. The number of hydrogen-bond donors (Lipinski definition) is 2. The van der Waals surface area contributed by atoms with Gasteiger partial charge in [0.25, 0.3) is 11.8 Å². The van der Waals surface area contributed by atoms with E-state index in [0.29, 0.717) is 34.3 Å². The van der Waals surface area contributed by atoms with Gasteiger partial charge in [0, 0.05) is 5.02 Å². The van der Waals surface area contributed by atoms with Gasteiger partial charge in [0.2, 0.25) is 0 Å². The maximum Gasteiger partial charge on any atom is 0.262 e. The van der Waals surface area contributed by atoms with Gasteiger partial charge in [-0.25, -0.2) is 5.43 Å². The van der Waals surface area contributed by atoms with E-state index in [2.05, 4.69) is 44.4 Å². The number of terminal acetylenes is 1. The number of carbonyl (C=O) groups is 2. The fourth-order valence-electron chi connectivity index (χ4n) is 3.12. The molecular formula is C26H28Cl2IN3O5. The van der Waals surface area contributed by atoms with Gasteiger partial charge in [-0.05, 0) is 77.7 Å². The van der Waals surface area contributed by atoms with Crippen LogP contribution < -0.4 is 25.0 Å². The molecule has 0 aliphatic carbocycles. The van der Waals surface area contributed by atoms with Gasteiger partial charge < -0.3 is 19.5 Å². The summed E-state index contributed by atoms with van der Waals surface area (Å²) < 4.78 is 17.3. The highest BCUT2D eigenvalue weighted by Crippen LogP contribution is 2.33. The van der Waals surface area contributed by atoms with Crippen LogP contribution in [-0.2, 0) is 9.59 Å². The van der Waals surface area contributed by atoms with Crippen molar-refractivity contribution in [1.29, 1.82) is 0 Å². The Kier molecular flexibility index (Phi) is 12.3. The summed E-state index contributed by atoms with van der Waals surface area (Å²) in [5, 5.41) is 7.50. The molecule has 0 saturated carbocycles. The van der Waals surface area contributed by atoms with E-state index in [-0.39, 0.29) is 17.5 Å². The summed E-state index contributed by atoms with van der Waals surface area (Å²) in [6.07, 6.45) is 6.22. The monoisotopic (exact) mass is 659 g/mol. The molecule has 2 atom stereocenters. The van der Waals surface area contributed by atoms with E-state index >= 15 is 0 Å². The first-order valence-electron chi connectivity index (χ1n) is 11.2. The molecule has 0 spiro atoms. The van der Waals surface area contributed by atoms with E-state index in [0.717, 1.165) is 3.57 Å². The van der Waals surface area contributed by atoms with Crippen molar-refractivity contribution in [2.75, 3.05) is 13.7 Å². The third kappa shape index (κ3) is 9.61. The summed E-state index contributed by atoms with van der Waals surface area (Å²) in [5.41, 5.74) is 3.16. The number of amides is 2. The second kappa shape index (κ2) is 14.9. The van der Waals surface area contributed by atoms with Crippen molar-refractivity contribution in [2.24, 2.45) is 11.0 Å². The minimum atomic E-state index is -0.908. The maximum atomic E-state index is 12.9. The van der Waals surface area contributed by atoms with E-state index in [1.54, 1.807) is 31.2 Å². The Morgan fingerprint density at radius 3 is 2.51 bits per heavy atom. The molecule has 2 rings (SSSR count). The van der Waals surface area contributed by atoms with Crippen molar-refractivity contribution in [3.63, 3.8) is 0 Å². The van der Waals surface area contributed by atoms with Gasteiger partial charge in [0.1, 0.15) is 18.4 Å². The van der Waals surface area contributed by atoms with E-state index in [1.165, 1.54) is 19.4 Å². The van der Waals surface area contributed by atoms with Gasteiger partial charge >= 0.3 is 0 Å². The lowest BCUT2D eigenvalue weighted by molar-refractivity contribution is -0.132. The number of carbonyl (C=O) groups excluding carboxylic acids is 2. The predicted molar refractivity (Wildman–Crippen MR) is 154 cm³/mol. The van der Waals surface area contributed by atoms with Gasteiger partial charge in [-0.2, -0.15) is 5.10 Å². The molecule has 0 bridgehead atoms. The number of nitrogens with one attached hydrogen (secondary N) is 2. The zero-order chi connectivity index (χ0) is 27.5. The van der Waals surface area contributed by atoms with E-state index < -0.39 is 24.0 Å². The summed E-state index contributed by atoms with van der Waals surface area (Å²) in [6.45, 7) is 5.56. The average Bonchev–Trinajstić information content (AvgIpc) is 2.83. The van der Waals surface area contributed by atoms with Gasteiger partial charge in [-0.3, -0.25) is 9.59 Å².